The lowest BCUT2D eigenvalue weighted by molar-refractivity contribution is -0.150. The predicted octanol–water partition coefficient (Wildman–Crippen LogP) is 3.11. The van der Waals surface area contributed by atoms with Crippen LogP contribution in [0.1, 0.15) is 43.9 Å². The Morgan fingerprint density at radius 2 is 1.81 bits per heavy atom. The summed E-state index contributed by atoms with van der Waals surface area (Å²) in [4.78, 5) is 24.3. The smallest absolute Gasteiger partial charge is 0.331 e. The van der Waals surface area contributed by atoms with Gasteiger partial charge in [-0.25, -0.2) is 13.2 Å². The van der Waals surface area contributed by atoms with Crippen LogP contribution in [0.15, 0.2) is 58.1 Å². The summed E-state index contributed by atoms with van der Waals surface area (Å²) in [6.45, 7) is 2.77. The van der Waals surface area contributed by atoms with E-state index >= 15 is 0 Å². The molecule has 0 bridgehead atoms. The number of esters is 1. The van der Waals surface area contributed by atoms with E-state index in [1.165, 1.54) is 37.5 Å². The van der Waals surface area contributed by atoms with Crippen molar-refractivity contribution in [3.63, 3.8) is 0 Å². The van der Waals surface area contributed by atoms with Gasteiger partial charge in [0, 0.05) is 19.2 Å². The van der Waals surface area contributed by atoms with E-state index < -0.39 is 28.0 Å². The Bertz CT molecular complexity index is 1020. The molecule has 3 rings (SSSR count). The van der Waals surface area contributed by atoms with Crippen LogP contribution in [0, 0.1) is 0 Å². The summed E-state index contributed by atoms with van der Waals surface area (Å²) in [7, 11) is -3.51. The maximum atomic E-state index is 12.8. The summed E-state index contributed by atoms with van der Waals surface area (Å²) >= 11 is 0. The molecule has 1 N–H and O–H groups in total. The molecule has 2 aromatic rings. The molecule has 1 aliphatic rings. The fourth-order valence-electron chi connectivity index (χ4n) is 3.34. The molecule has 1 fully saturated rings. The maximum absolute atomic E-state index is 12.8. The van der Waals surface area contributed by atoms with E-state index in [2.05, 4.69) is 5.32 Å². The number of furan rings is 1. The Morgan fingerprint density at radius 3 is 2.44 bits per heavy atom. The monoisotopic (exact) mass is 460 g/mol. The molecule has 0 saturated carbocycles. The number of hydrogen-bond donors (Lipinski definition) is 1. The third-order valence-corrected chi connectivity index (χ3v) is 7.09. The van der Waals surface area contributed by atoms with Crippen LogP contribution >= 0.6 is 0 Å². The first-order valence-electron chi connectivity index (χ1n) is 10.7. The zero-order valence-electron chi connectivity index (χ0n) is 18.0. The van der Waals surface area contributed by atoms with Crippen molar-refractivity contribution in [2.45, 2.75) is 50.2 Å². The molecular weight excluding hydrogens is 432 g/mol. The molecule has 0 radical (unpaired) electrons. The molecule has 0 spiro atoms. The number of carbonyl (C=O) groups is 2. The summed E-state index contributed by atoms with van der Waals surface area (Å²) < 4.78 is 37.4. The van der Waals surface area contributed by atoms with Crippen LogP contribution in [-0.4, -0.2) is 43.8 Å². The summed E-state index contributed by atoms with van der Waals surface area (Å²) in [5, 5.41) is 2.62. The van der Waals surface area contributed by atoms with Gasteiger partial charge >= 0.3 is 5.97 Å². The van der Waals surface area contributed by atoms with Crippen molar-refractivity contribution in [3.05, 3.63) is 60.1 Å². The molecule has 1 aromatic carbocycles. The average Bonchev–Trinajstić information content (AvgIpc) is 3.15. The first-order valence-corrected chi connectivity index (χ1v) is 12.1. The standard InChI is InChI=1S/C23H28N2O6S/c1-18(23(27)24-17-20-7-6-16-30-20)31-22(26)13-10-19-8-11-21(12-9-19)32(28,29)25-14-4-2-3-5-15-25/h6-13,16,18H,2-5,14-15,17H2,1H3,(H,24,27)/b13-10+. The van der Waals surface area contributed by atoms with Crippen molar-refractivity contribution in [2.24, 2.45) is 0 Å². The fourth-order valence-corrected chi connectivity index (χ4v) is 4.86. The van der Waals surface area contributed by atoms with Crippen molar-refractivity contribution in [1.29, 1.82) is 0 Å². The van der Waals surface area contributed by atoms with Gasteiger partial charge in [0.05, 0.1) is 17.7 Å². The second kappa shape index (κ2) is 11.1. The summed E-state index contributed by atoms with van der Waals surface area (Å²) in [6, 6.07) is 9.78. The van der Waals surface area contributed by atoms with Gasteiger partial charge in [0.2, 0.25) is 10.0 Å². The van der Waals surface area contributed by atoms with Gasteiger partial charge in [0.1, 0.15) is 5.76 Å². The number of nitrogens with one attached hydrogen (secondary N) is 1. The number of hydrogen-bond acceptors (Lipinski definition) is 6. The lowest BCUT2D eigenvalue weighted by Gasteiger charge is -2.19. The summed E-state index contributed by atoms with van der Waals surface area (Å²) in [5.41, 5.74) is 0.645. The highest BCUT2D eigenvalue weighted by Crippen LogP contribution is 2.21. The van der Waals surface area contributed by atoms with Crippen LogP contribution in [0.5, 0.6) is 0 Å². The molecule has 32 heavy (non-hydrogen) atoms. The van der Waals surface area contributed by atoms with Gasteiger partial charge in [0.25, 0.3) is 5.91 Å². The normalized spacial score (nSPS) is 16.4. The number of nitrogens with zero attached hydrogens (tertiary/aromatic N) is 1. The highest BCUT2D eigenvalue weighted by molar-refractivity contribution is 7.89. The third-order valence-electron chi connectivity index (χ3n) is 5.17. The average molecular weight is 461 g/mol. The predicted molar refractivity (Wildman–Crippen MR) is 119 cm³/mol. The minimum absolute atomic E-state index is 0.205. The molecule has 1 amide bonds. The topological polar surface area (TPSA) is 106 Å². The molecule has 1 aromatic heterocycles. The molecule has 2 heterocycles. The van der Waals surface area contributed by atoms with Crippen LogP contribution in [0.4, 0.5) is 0 Å². The number of carbonyl (C=O) groups excluding carboxylic acids is 2. The molecule has 9 heteroatoms. The van der Waals surface area contributed by atoms with Gasteiger partial charge in [-0.15, -0.1) is 0 Å². The minimum Gasteiger partial charge on any atom is -0.467 e. The molecule has 1 aliphatic heterocycles. The number of sulfonamides is 1. The minimum atomic E-state index is -3.51. The zero-order chi connectivity index (χ0) is 23.0. The number of ether oxygens (including phenoxy) is 1. The van der Waals surface area contributed by atoms with Crippen LogP contribution in [0.2, 0.25) is 0 Å². The van der Waals surface area contributed by atoms with Crippen LogP contribution in [0.25, 0.3) is 6.08 Å². The highest BCUT2D eigenvalue weighted by atomic mass is 32.2. The summed E-state index contributed by atoms with van der Waals surface area (Å²) in [6.07, 6.45) is 7.11. The van der Waals surface area contributed by atoms with Gasteiger partial charge in [-0.3, -0.25) is 4.79 Å². The van der Waals surface area contributed by atoms with Crippen molar-refractivity contribution in [3.8, 4) is 0 Å². The van der Waals surface area contributed by atoms with Crippen molar-refractivity contribution in [1.82, 2.24) is 9.62 Å². The molecule has 8 nitrogen and oxygen atoms in total. The Balaban J connectivity index is 1.52. The van der Waals surface area contributed by atoms with E-state index in [1.54, 1.807) is 28.6 Å². The van der Waals surface area contributed by atoms with E-state index in [1.807, 2.05) is 0 Å². The summed E-state index contributed by atoms with van der Waals surface area (Å²) in [5.74, 6) is -0.517. The highest BCUT2D eigenvalue weighted by Gasteiger charge is 2.24. The van der Waals surface area contributed by atoms with E-state index in [4.69, 9.17) is 9.15 Å². The van der Waals surface area contributed by atoms with Crippen LogP contribution < -0.4 is 5.32 Å². The second-order valence-electron chi connectivity index (χ2n) is 7.60. The van der Waals surface area contributed by atoms with Crippen molar-refractivity contribution < 1.29 is 27.2 Å². The Morgan fingerprint density at radius 1 is 1.12 bits per heavy atom. The van der Waals surface area contributed by atoms with E-state index in [0.717, 1.165) is 25.7 Å². The SMILES string of the molecule is CC(OC(=O)/C=C/c1ccc(S(=O)(=O)N2CCCCCC2)cc1)C(=O)NCc1ccco1. The first kappa shape index (κ1) is 23.7. The number of amides is 1. The quantitative estimate of drug-likeness (QED) is 0.479. The number of rotatable bonds is 8. The van der Waals surface area contributed by atoms with Gasteiger partial charge in [0.15, 0.2) is 6.10 Å². The number of benzene rings is 1. The van der Waals surface area contributed by atoms with Gasteiger partial charge in [-0.1, -0.05) is 25.0 Å². The largest absolute Gasteiger partial charge is 0.467 e. The Hall–Kier alpha value is -2.91. The van der Waals surface area contributed by atoms with Crippen molar-refractivity contribution >= 4 is 28.0 Å². The lowest BCUT2D eigenvalue weighted by atomic mass is 10.2. The molecule has 172 valence electrons. The molecule has 1 atom stereocenters. The van der Waals surface area contributed by atoms with E-state index in [9.17, 15) is 18.0 Å². The van der Waals surface area contributed by atoms with Gasteiger partial charge in [-0.2, -0.15) is 4.31 Å². The van der Waals surface area contributed by atoms with Gasteiger partial charge in [-0.05, 0) is 55.7 Å². The second-order valence-corrected chi connectivity index (χ2v) is 9.53. The maximum Gasteiger partial charge on any atom is 0.331 e. The van der Waals surface area contributed by atoms with E-state index in [0.29, 0.717) is 24.4 Å². The van der Waals surface area contributed by atoms with Crippen LogP contribution in [-0.2, 0) is 30.9 Å². The zero-order valence-corrected chi connectivity index (χ0v) is 18.8. The van der Waals surface area contributed by atoms with Crippen LogP contribution in [0.3, 0.4) is 0 Å². The third kappa shape index (κ3) is 6.54. The Labute approximate surface area is 188 Å². The Kier molecular flexibility index (Phi) is 8.24. The molecule has 0 aliphatic carbocycles. The lowest BCUT2D eigenvalue weighted by Crippen LogP contribution is -2.35. The molecule has 1 saturated heterocycles. The van der Waals surface area contributed by atoms with Crippen molar-refractivity contribution in [2.75, 3.05) is 13.1 Å². The first-order chi connectivity index (χ1) is 15.4. The van der Waals surface area contributed by atoms with E-state index in [-0.39, 0.29) is 11.4 Å². The van der Waals surface area contributed by atoms with Gasteiger partial charge < -0.3 is 14.5 Å². The fraction of sp³-hybridized carbons (Fsp3) is 0.391. The molecular formula is C23H28N2O6S. The molecule has 1 unspecified atom stereocenters.